The van der Waals surface area contributed by atoms with E-state index in [9.17, 15) is 28.3 Å². The van der Waals surface area contributed by atoms with E-state index >= 15 is 0 Å². The molecule has 0 aromatic heterocycles. The zero-order chi connectivity index (χ0) is 21.4. The van der Waals surface area contributed by atoms with Crippen molar-refractivity contribution in [2.75, 3.05) is 19.6 Å². The van der Waals surface area contributed by atoms with Gasteiger partial charge in [-0.15, -0.1) is 0 Å². The summed E-state index contributed by atoms with van der Waals surface area (Å²) in [5, 5.41) is 12.1. The molecule has 2 heterocycles. The Bertz CT molecular complexity index is 1010. The number of rotatable bonds is 3. The molecule has 0 unspecified atom stereocenters. The van der Waals surface area contributed by atoms with Gasteiger partial charge in [0.15, 0.2) is 0 Å². The van der Waals surface area contributed by atoms with Crippen molar-refractivity contribution in [3.63, 3.8) is 0 Å². The third kappa shape index (κ3) is 3.70. The summed E-state index contributed by atoms with van der Waals surface area (Å²) in [5.74, 6) is -2.87. The zero-order valence-corrected chi connectivity index (χ0v) is 15.8. The number of aromatic hydroxyl groups is 1. The topological polar surface area (TPSA) is 89.9 Å². The number of nitrogens with zero attached hydrogens (tertiary/aromatic N) is 2. The minimum atomic E-state index is -0.886. The number of phenols is 1. The van der Waals surface area contributed by atoms with Crippen molar-refractivity contribution in [1.29, 1.82) is 0 Å². The molecule has 0 radical (unpaired) electrons. The standard InChI is InChI=1S/C21H19F2N3O4/c22-13-3-6-16(23)15(10-13)20(29)25-7-8-26-18(11-25)19(28)24-17(21(26)30)9-12-1-4-14(27)5-2-12/h1-6,10,17-18,27H,7-9,11H2,(H,24,28)/t17-,18-/m1/s1. The maximum atomic E-state index is 14.0. The van der Waals surface area contributed by atoms with Crippen LogP contribution in [0.15, 0.2) is 42.5 Å². The Morgan fingerprint density at radius 3 is 2.57 bits per heavy atom. The molecule has 156 valence electrons. The van der Waals surface area contributed by atoms with Crippen LogP contribution in [0.2, 0.25) is 0 Å². The first-order valence-corrected chi connectivity index (χ1v) is 9.46. The van der Waals surface area contributed by atoms with E-state index in [0.29, 0.717) is 0 Å². The van der Waals surface area contributed by atoms with Crippen molar-refractivity contribution in [1.82, 2.24) is 15.1 Å². The van der Waals surface area contributed by atoms with E-state index < -0.39 is 41.1 Å². The van der Waals surface area contributed by atoms with Crippen molar-refractivity contribution in [2.24, 2.45) is 0 Å². The van der Waals surface area contributed by atoms with Crippen molar-refractivity contribution >= 4 is 17.7 Å². The molecule has 9 heteroatoms. The maximum absolute atomic E-state index is 14.0. The first-order valence-electron chi connectivity index (χ1n) is 9.46. The SMILES string of the molecule is O=C1N[C@H](Cc2ccc(O)cc2)C(=O)N2CCN(C(=O)c3cc(F)ccc3F)C[C@H]12. The Morgan fingerprint density at radius 2 is 1.83 bits per heavy atom. The minimum Gasteiger partial charge on any atom is -0.508 e. The smallest absolute Gasteiger partial charge is 0.257 e. The lowest BCUT2D eigenvalue weighted by Gasteiger charge is -2.45. The Morgan fingerprint density at radius 1 is 1.10 bits per heavy atom. The lowest BCUT2D eigenvalue weighted by Crippen LogP contribution is -2.70. The molecule has 2 N–H and O–H groups in total. The number of hydrogen-bond donors (Lipinski definition) is 2. The number of fused-ring (bicyclic) bond motifs is 1. The lowest BCUT2D eigenvalue weighted by molar-refractivity contribution is -0.152. The van der Waals surface area contributed by atoms with Crippen molar-refractivity contribution in [3.05, 3.63) is 65.2 Å². The van der Waals surface area contributed by atoms with Crippen LogP contribution in [0.3, 0.4) is 0 Å². The summed E-state index contributed by atoms with van der Waals surface area (Å²) in [4.78, 5) is 40.8. The molecule has 2 aromatic rings. The Labute approximate surface area is 170 Å². The largest absolute Gasteiger partial charge is 0.508 e. The second-order valence-corrected chi connectivity index (χ2v) is 7.35. The van der Waals surface area contributed by atoms with Gasteiger partial charge in [0, 0.05) is 19.5 Å². The highest BCUT2D eigenvalue weighted by Crippen LogP contribution is 2.21. The van der Waals surface area contributed by atoms with Crippen LogP contribution in [0.4, 0.5) is 8.78 Å². The van der Waals surface area contributed by atoms with Crippen LogP contribution in [0.25, 0.3) is 0 Å². The third-order valence-corrected chi connectivity index (χ3v) is 5.40. The molecule has 0 bridgehead atoms. The fraction of sp³-hybridized carbons (Fsp3) is 0.286. The van der Waals surface area contributed by atoms with Crippen LogP contribution < -0.4 is 5.32 Å². The zero-order valence-electron chi connectivity index (χ0n) is 15.8. The molecule has 2 aliphatic rings. The molecule has 2 aliphatic heterocycles. The molecular weight excluding hydrogens is 396 g/mol. The number of benzene rings is 2. The predicted octanol–water partition coefficient (Wildman–Crippen LogP) is 1.06. The normalized spacial score (nSPS) is 21.3. The van der Waals surface area contributed by atoms with Gasteiger partial charge in [-0.05, 0) is 35.9 Å². The molecule has 2 aromatic carbocycles. The van der Waals surface area contributed by atoms with E-state index in [1.165, 1.54) is 21.9 Å². The van der Waals surface area contributed by atoms with Gasteiger partial charge < -0.3 is 20.2 Å². The quantitative estimate of drug-likeness (QED) is 0.785. The highest BCUT2D eigenvalue weighted by molar-refractivity contribution is 5.99. The highest BCUT2D eigenvalue weighted by atomic mass is 19.1. The number of piperazine rings is 2. The Balaban J connectivity index is 1.47. The fourth-order valence-electron chi connectivity index (χ4n) is 3.82. The van der Waals surface area contributed by atoms with E-state index in [1.807, 2.05) is 0 Å². The molecule has 30 heavy (non-hydrogen) atoms. The van der Waals surface area contributed by atoms with Gasteiger partial charge in [-0.25, -0.2) is 8.78 Å². The van der Waals surface area contributed by atoms with Crippen LogP contribution in [-0.4, -0.2) is 64.3 Å². The second-order valence-electron chi connectivity index (χ2n) is 7.35. The van der Waals surface area contributed by atoms with Crippen molar-refractivity contribution < 1.29 is 28.3 Å². The molecular formula is C21H19F2N3O4. The number of nitrogens with one attached hydrogen (secondary N) is 1. The Kier molecular flexibility index (Phi) is 5.11. The number of hydrogen-bond acceptors (Lipinski definition) is 4. The van der Waals surface area contributed by atoms with Crippen LogP contribution in [-0.2, 0) is 16.0 Å². The van der Waals surface area contributed by atoms with E-state index in [4.69, 9.17) is 0 Å². The van der Waals surface area contributed by atoms with Gasteiger partial charge in [0.1, 0.15) is 29.5 Å². The molecule has 2 atom stereocenters. The summed E-state index contributed by atoms with van der Waals surface area (Å²) in [6.07, 6.45) is 0.269. The van der Waals surface area contributed by atoms with E-state index in [-0.39, 0.29) is 37.7 Å². The summed E-state index contributed by atoms with van der Waals surface area (Å²) in [5.41, 5.74) is 0.372. The number of carbonyl (C=O) groups excluding carboxylic acids is 3. The Hall–Kier alpha value is -3.49. The first kappa shape index (κ1) is 19.8. The van der Waals surface area contributed by atoms with Crippen LogP contribution >= 0.6 is 0 Å². The van der Waals surface area contributed by atoms with Gasteiger partial charge >= 0.3 is 0 Å². The number of amides is 3. The number of carbonyl (C=O) groups is 3. The predicted molar refractivity (Wildman–Crippen MR) is 102 cm³/mol. The van der Waals surface area contributed by atoms with Crippen molar-refractivity contribution in [3.8, 4) is 5.75 Å². The second kappa shape index (κ2) is 7.74. The van der Waals surface area contributed by atoms with Crippen LogP contribution in [0.1, 0.15) is 15.9 Å². The van der Waals surface area contributed by atoms with Gasteiger partial charge in [0.2, 0.25) is 11.8 Å². The van der Waals surface area contributed by atoms with Gasteiger partial charge in [0.25, 0.3) is 5.91 Å². The molecule has 3 amide bonds. The summed E-state index contributed by atoms with van der Waals surface area (Å²) < 4.78 is 27.4. The van der Waals surface area contributed by atoms with E-state index in [2.05, 4.69) is 5.32 Å². The summed E-state index contributed by atoms with van der Waals surface area (Å²) in [6.45, 7) is 0.125. The fourth-order valence-corrected chi connectivity index (χ4v) is 3.82. The first-order chi connectivity index (χ1) is 14.3. The lowest BCUT2D eigenvalue weighted by atomic mass is 9.98. The monoisotopic (exact) mass is 415 g/mol. The van der Waals surface area contributed by atoms with Crippen molar-refractivity contribution in [2.45, 2.75) is 18.5 Å². The third-order valence-electron chi connectivity index (χ3n) is 5.40. The van der Waals surface area contributed by atoms with Crippen LogP contribution in [0, 0.1) is 11.6 Å². The summed E-state index contributed by atoms with van der Waals surface area (Å²) in [7, 11) is 0. The van der Waals surface area contributed by atoms with E-state index in [0.717, 1.165) is 23.8 Å². The average molecular weight is 415 g/mol. The molecule has 0 aliphatic carbocycles. The van der Waals surface area contributed by atoms with Gasteiger partial charge in [0.05, 0.1) is 12.1 Å². The highest BCUT2D eigenvalue weighted by Gasteiger charge is 2.44. The van der Waals surface area contributed by atoms with Gasteiger partial charge in [-0.1, -0.05) is 12.1 Å². The van der Waals surface area contributed by atoms with Crippen LogP contribution in [0.5, 0.6) is 5.75 Å². The minimum absolute atomic E-state index is 0.0989. The molecule has 7 nitrogen and oxygen atoms in total. The maximum Gasteiger partial charge on any atom is 0.257 e. The average Bonchev–Trinajstić information content (AvgIpc) is 2.74. The van der Waals surface area contributed by atoms with E-state index in [1.54, 1.807) is 12.1 Å². The number of phenolic OH excluding ortho intramolecular Hbond substituents is 1. The molecule has 2 fully saturated rings. The molecule has 0 spiro atoms. The van der Waals surface area contributed by atoms with Gasteiger partial charge in [-0.3, -0.25) is 14.4 Å². The summed E-state index contributed by atoms with van der Waals surface area (Å²) >= 11 is 0. The molecule has 0 saturated carbocycles. The number of halogens is 2. The molecule has 2 saturated heterocycles. The summed E-state index contributed by atoms with van der Waals surface area (Å²) in [6, 6.07) is 7.34. The molecule has 4 rings (SSSR count). The van der Waals surface area contributed by atoms with Gasteiger partial charge in [-0.2, -0.15) is 0 Å².